The number of rotatable bonds is 3. The number of anilines is 1. The van der Waals surface area contributed by atoms with Gasteiger partial charge in [0.25, 0.3) is 0 Å². The lowest BCUT2D eigenvalue weighted by molar-refractivity contribution is 0.101. The Kier molecular flexibility index (Phi) is 3.23. The van der Waals surface area contributed by atoms with Crippen molar-refractivity contribution in [2.24, 2.45) is 0 Å². The van der Waals surface area contributed by atoms with Gasteiger partial charge in [-0.1, -0.05) is 0 Å². The van der Waals surface area contributed by atoms with E-state index in [1.807, 2.05) is 24.9 Å². The fourth-order valence-corrected chi connectivity index (χ4v) is 1.30. The van der Waals surface area contributed by atoms with Gasteiger partial charge in [0.05, 0.1) is 11.3 Å². The minimum atomic E-state index is 0.0628. The summed E-state index contributed by atoms with van der Waals surface area (Å²) in [6.07, 6.45) is 1.65. The van der Waals surface area contributed by atoms with Gasteiger partial charge in [-0.05, 0) is 26.8 Å². The van der Waals surface area contributed by atoms with Gasteiger partial charge in [-0.25, -0.2) is 0 Å². The molecule has 0 bridgehead atoms. The number of hydrogen-bond donors (Lipinski definition) is 0. The quantitative estimate of drug-likeness (QED) is 0.687. The Labute approximate surface area is 84.8 Å². The van der Waals surface area contributed by atoms with Crippen LogP contribution in [-0.4, -0.2) is 24.4 Å². The monoisotopic (exact) mass is 192 g/mol. The first-order chi connectivity index (χ1) is 6.56. The van der Waals surface area contributed by atoms with E-state index >= 15 is 0 Å². The van der Waals surface area contributed by atoms with Gasteiger partial charge in [-0.2, -0.15) is 0 Å². The molecule has 0 radical (unpaired) electrons. The Hall–Kier alpha value is -1.38. The number of hydrogen-bond acceptors (Lipinski definition) is 3. The highest BCUT2D eigenvalue weighted by molar-refractivity contribution is 5.99. The Bertz CT molecular complexity index is 347. The molecule has 0 unspecified atom stereocenters. The molecule has 1 rings (SSSR count). The maximum absolute atomic E-state index is 11.3. The Morgan fingerprint density at radius 1 is 1.57 bits per heavy atom. The molecule has 0 saturated carbocycles. The molecule has 0 N–H and O–H groups in total. The summed E-state index contributed by atoms with van der Waals surface area (Å²) in [4.78, 5) is 17.5. The van der Waals surface area contributed by atoms with Crippen LogP contribution in [0, 0.1) is 6.92 Å². The molecule has 1 aromatic heterocycles. The largest absolute Gasteiger partial charge is 0.374 e. The van der Waals surface area contributed by atoms with E-state index in [0.717, 1.165) is 17.9 Å². The highest BCUT2D eigenvalue weighted by Crippen LogP contribution is 2.19. The molecular weight excluding hydrogens is 176 g/mol. The molecule has 76 valence electrons. The van der Waals surface area contributed by atoms with E-state index in [9.17, 15) is 4.79 Å². The third kappa shape index (κ3) is 2.10. The number of aromatic nitrogens is 1. The maximum atomic E-state index is 11.3. The second-order valence-corrected chi connectivity index (χ2v) is 3.41. The van der Waals surface area contributed by atoms with Gasteiger partial charge in [-0.15, -0.1) is 0 Å². The molecule has 0 aliphatic rings. The second-order valence-electron chi connectivity index (χ2n) is 3.41. The van der Waals surface area contributed by atoms with Crippen LogP contribution in [0.3, 0.4) is 0 Å². The lowest BCUT2D eigenvalue weighted by Crippen LogP contribution is -2.19. The fraction of sp³-hybridized carbons (Fsp3) is 0.455. The van der Waals surface area contributed by atoms with Crippen molar-refractivity contribution >= 4 is 11.5 Å². The van der Waals surface area contributed by atoms with E-state index in [1.165, 1.54) is 0 Å². The van der Waals surface area contributed by atoms with Gasteiger partial charge in [0.1, 0.15) is 0 Å². The summed E-state index contributed by atoms with van der Waals surface area (Å²) in [7, 11) is 1.97. The summed E-state index contributed by atoms with van der Waals surface area (Å²) in [5.74, 6) is 0.0628. The topological polar surface area (TPSA) is 33.2 Å². The lowest BCUT2D eigenvalue weighted by Gasteiger charge is -2.19. The molecule has 0 aliphatic carbocycles. The van der Waals surface area contributed by atoms with Gasteiger partial charge in [0.15, 0.2) is 5.78 Å². The number of carbonyl (C=O) groups excluding carboxylic acids is 1. The summed E-state index contributed by atoms with van der Waals surface area (Å²) >= 11 is 0. The van der Waals surface area contributed by atoms with E-state index in [0.29, 0.717) is 5.56 Å². The number of Topliss-reactive ketones (excluding diaryl/α,β-unsaturated/α-hetero) is 1. The van der Waals surface area contributed by atoms with Crippen LogP contribution in [0.5, 0.6) is 0 Å². The van der Waals surface area contributed by atoms with Crippen LogP contribution in [0.2, 0.25) is 0 Å². The predicted octanol–water partition coefficient (Wildman–Crippen LogP) is 2.05. The highest BCUT2D eigenvalue weighted by atomic mass is 16.1. The lowest BCUT2D eigenvalue weighted by atomic mass is 10.1. The van der Waals surface area contributed by atoms with E-state index in [4.69, 9.17) is 0 Å². The van der Waals surface area contributed by atoms with E-state index < -0.39 is 0 Å². The summed E-state index contributed by atoms with van der Waals surface area (Å²) in [6, 6.07) is 1.94. The molecular formula is C11H16N2O. The van der Waals surface area contributed by atoms with Crippen LogP contribution in [0.1, 0.15) is 29.9 Å². The van der Waals surface area contributed by atoms with Crippen molar-refractivity contribution in [3.63, 3.8) is 0 Å². The van der Waals surface area contributed by atoms with Gasteiger partial charge < -0.3 is 4.90 Å². The van der Waals surface area contributed by atoms with Gasteiger partial charge >= 0.3 is 0 Å². The number of pyridine rings is 1. The second kappa shape index (κ2) is 4.22. The van der Waals surface area contributed by atoms with Crippen LogP contribution in [0.4, 0.5) is 5.69 Å². The SMILES string of the molecule is CCN(C)c1cc(C)ncc1C(C)=O. The summed E-state index contributed by atoms with van der Waals surface area (Å²) in [6.45, 7) is 6.43. The van der Waals surface area contributed by atoms with Gasteiger partial charge in [0, 0.05) is 25.5 Å². The molecule has 0 amide bonds. The van der Waals surface area contributed by atoms with Gasteiger partial charge in [0.2, 0.25) is 0 Å². The van der Waals surface area contributed by atoms with Crippen LogP contribution < -0.4 is 4.90 Å². The molecule has 0 saturated heterocycles. The third-order valence-electron chi connectivity index (χ3n) is 2.28. The molecule has 3 nitrogen and oxygen atoms in total. The Balaban J connectivity index is 3.22. The number of ketones is 1. The zero-order valence-electron chi connectivity index (χ0n) is 9.16. The number of carbonyl (C=O) groups is 1. The standard InChI is InChI=1S/C11H16N2O/c1-5-13(4)11-6-8(2)12-7-10(11)9(3)14/h6-7H,5H2,1-4H3. The van der Waals surface area contributed by atoms with E-state index in [1.54, 1.807) is 13.1 Å². The molecule has 1 aromatic rings. The normalized spacial score (nSPS) is 10.0. The van der Waals surface area contributed by atoms with Crippen molar-refractivity contribution in [2.75, 3.05) is 18.5 Å². The maximum Gasteiger partial charge on any atom is 0.163 e. The van der Waals surface area contributed by atoms with Crippen molar-refractivity contribution in [1.82, 2.24) is 4.98 Å². The smallest absolute Gasteiger partial charge is 0.163 e. The zero-order chi connectivity index (χ0) is 10.7. The van der Waals surface area contributed by atoms with E-state index in [-0.39, 0.29) is 5.78 Å². The highest BCUT2D eigenvalue weighted by Gasteiger charge is 2.10. The van der Waals surface area contributed by atoms with Crippen molar-refractivity contribution in [2.45, 2.75) is 20.8 Å². The minimum Gasteiger partial charge on any atom is -0.374 e. The molecule has 0 aromatic carbocycles. The molecule has 0 fully saturated rings. The van der Waals surface area contributed by atoms with Crippen molar-refractivity contribution in [3.05, 3.63) is 23.5 Å². The van der Waals surface area contributed by atoms with Crippen LogP contribution in [-0.2, 0) is 0 Å². The van der Waals surface area contributed by atoms with Crippen LogP contribution in [0.25, 0.3) is 0 Å². The number of aryl methyl sites for hydroxylation is 1. The van der Waals surface area contributed by atoms with Crippen molar-refractivity contribution in [1.29, 1.82) is 0 Å². The van der Waals surface area contributed by atoms with E-state index in [2.05, 4.69) is 11.9 Å². The molecule has 0 spiro atoms. The van der Waals surface area contributed by atoms with Crippen molar-refractivity contribution < 1.29 is 4.79 Å². The first kappa shape index (κ1) is 10.7. The molecule has 3 heteroatoms. The minimum absolute atomic E-state index is 0.0628. The predicted molar refractivity (Wildman–Crippen MR) is 57.9 cm³/mol. The zero-order valence-corrected chi connectivity index (χ0v) is 9.16. The third-order valence-corrected chi connectivity index (χ3v) is 2.28. The molecule has 14 heavy (non-hydrogen) atoms. The fourth-order valence-electron chi connectivity index (χ4n) is 1.30. The number of nitrogens with zero attached hydrogens (tertiary/aromatic N) is 2. The van der Waals surface area contributed by atoms with Crippen LogP contribution in [0.15, 0.2) is 12.3 Å². The average molecular weight is 192 g/mol. The molecule has 0 aliphatic heterocycles. The molecule has 1 heterocycles. The first-order valence-corrected chi connectivity index (χ1v) is 4.75. The van der Waals surface area contributed by atoms with Crippen molar-refractivity contribution in [3.8, 4) is 0 Å². The Morgan fingerprint density at radius 3 is 2.71 bits per heavy atom. The first-order valence-electron chi connectivity index (χ1n) is 4.75. The van der Waals surface area contributed by atoms with Crippen LogP contribution >= 0.6 is 0 Å². The summed E-state index contributed by atoms with van der Waals surface area (Å²) < 4.78 is 0. The molecule has 0 atom stereocenters. The Morgan fingerprint density at radius 2 is 2.21 bits per heavy atom. The summed E-state index contributed by atoms with van der Waals surface area (Å²) in [5.41, 5.74) is 2.60. The summed E-state index contributed by atoms with van der Waals surface area (Å²) in [5, 5.41) is 0. The van der Waals surface area contributed by atoms with Gasteiger partial charge in [-0.3, -0.25) is 9.78 Å². The average Bonchev–Trinajstić information content (AvgIpc) is 2.16.